The number of hydrogen-bond donors (Lipinski definition) is 1. The number of hydrogen-bond acceptors (Lipinski definition) is 2. The molecule has 1 heterocycles. The number of aromatic nitrogens is 1. The Labute approximate surface area is 119 Å². The van der Waals surface area contributed by atoms with Crippen LogP contribution in [0.1, 0.15) is 37.6 Å². The third-order valence-corrected chi connectivity index (χ3v) is 3.25. The Morgan fingerprint density at radius 3 is 2.60 bits per heavy atom. The minimum Gasteiger partial charge on any atom is -0.478 e. The van der Waals surface area contributed by atoms with E-state index in [4.69, 9.17) is 10.1 Å². The lowest BCUT2D eigenvalue weighted by molar-refractivity contribution is -0.131. The van der Waals surface area contributed by atoms with Gasteiger partial charge in [-0.1, -0.05) is 39.0 Å². The summed E-state index contributed by atoms with van der Waals surface area (Å²) in [5.74, 6) is -0.945. The highest BCUT2D eigenvalue weighted by Crippen LogP contribution is 2.28. The number of pyridine rings is 1. The van der Waals surface area contributed by atoms with Crippen LogP contribution in [-0.2, 0) is 10.2 Å². The van der Waals surface area contributed by atoms with Crippen molar-refractivity contribution in [3.63, 3.8) is 0 Å². The van der Waals surface area contributed by atoms with Crippen molar-refractivity contribution in [1.29, 1.82) is 0 Å². The molecule has 0 bridgehead atoms. The summed E-state index contributed by atoms with van der Waals surface area (Å²) in [4.78, 5) is 15.5. The first-order valence-corrected chi connectivity index (χ1v) is 6.61. The van der Waals surface area contributed by atoms with Gasteiger partial charge < -0.3 is 5.11 Å². The highest BCUT2D eigenvalue weighted by molar-refractivity contribution is 5.94. The van der Waals surface area contributed by atoms with Crippen molar-refractivity contribution in [1.82, 2.24) is 4.98 Å². The second-order valence-corrected chi connectivity index (χ2v) is 5.99. The first kappa shape index (κ1) is 14.3. The molecule has 20 heavy (non-hydrogen) atoms. The van der Waals surface area contributed by atoms with E-state index in [1.54, 1.807) is 6.08 Å². The molecular formula is C17H19NO2. The van der Waals surface area contributed by atoms with Gasteiger partial charge >= 0.3 is 5.97 Å². The number of aryl methyl sites for hydroxylation is 1. The van der Waals surface area contributed by atoms with Crippen LogP contribution in [0.15, 0.2) is 30.3 Å². The van der Waals surface area contributed by atoms with E-state index < -0.39 is 5.97 Å². The van der Waals surface area contributed by atoms with Gasteiger partial charge in [0.25, 0.3) is 0 Å². The largest absolute Gasteiger partial charge is 0.478 e. The molecule has 0 aliphatic rings. The third-order valence-electron chi connectivity index (χ3n) is 3.25. The Hall–Kier alpha value is -2.16. The lowest BCUT2D eigenvalue weighted by Crippen LogP contribution is -2.14. The van der Waals surface area contributed by atoms with E-state index in [1.807, 2.05) is 31.2 Å². The van der Waals surface area contributed by atoms with Gasteiger partial charge in [-0.05, 0) is 30.2 Å². The lowest BCUT2D eigenvalue weighted by Gasteiger charge is -2.20. The van der Waals surface area contributed by atoms with Gasteiger partial charge in [0.1, 0.15) is 0 Å². The van der Waals surface area contributed by atoms with Gasteiger partial charge in [0.15, 0.2) is 0 Å². The summed E-state index contributed by atoms with van der Waals surface area (Å²) in [7, 11) is 0. The number of carbonyl (C=O) groups is 1. The van der Waals surface area contributed by atoms with Crippen LogP contribution in [0.5, 0.6) is 0 Å². The number of rotatable bonds is 2. The second-order valence-electron chi connectivity index (χ2n) is 5.99. The van der Waals surface area contributed by atoms with Gasteiger partial charge in [0.05, 0.1) is 5.52 Å². The van der Waals surface area contributed by atoms with Crippen LogP contribution in [0.3, 0.4) is 0 Å². The van der Waals surface area contributed by atoms with E-state index in [0.717, 1.165) is 27.7 Å². The number of aliphatic carboxylic acids is 1. The molecule has 0 unspecified atom stereocenters. The molecule has 0 saturated carbocycles. The van der Waals surface area contributed by atoms with Crippen molar-refractivity contribution >= 4 is 22.9 Å². The van der Waals surface area contributed by atoms with E-state index in [2.05, 4.69) is 20.8 Å². The van der Waals surface area contributed by atoms with Crippen molar-refractivity contribution in [3.8, 4) is 0 Å². The van der Waals surface area contributed by atoms with Gasteiger partial charge in [0, 0.05) is 22.6 Å². The summed E-state index contributed by atoms with van der Waals surface area (Å²) in [5.41, 5.74) is 3.81. The molecule has 0 saturated heterocycles. The minimum absolute atomic E-state index is 0.0811. The van der Waals surface area contributed by atoms with Crippen molar-refractivity contribution in [2.24, 2.45) is 0 Å². The van der Waals surface area contributed by atoms with E-state index in [1.165, 1.54) is 6.08 Å². The average Bonchev–Trinajstić information content (AvgIpc) is 2.35. The van der Waals surface area contributed by atoms with Crippen molar-refractivity contribution in [3.05, 3.63) is 47.2 Å². The minimum atomic E-state index is -0.945. The van der Waals surface area contributed by atoms with Gasteiger partial charge in [-0.25, -0.2) is 4.79 Å². The number of para-hydroxylation sites is 1. The summed E-state index contributed by atoms with van der Waals surface area (Å²) in [5, 5.41) is 9.81. The van der Waals surface area contributed by atoms with Gasteiger partial charge in [-0.3, -0.25) is 4.98 Å². The zero-order valence-corrected chi connectivity index (χ0v) is 12.3. The molecule has 0 atom stereocenters. The maximum atomic E-state index is 10.8. The van der Waals surface area contributed by atoms with Gasteiger partial charge in [-0.15, -0.1) is 0 Å². The average molecular weight is 269 g/mol. The van der Waals surface area contributed by atoms with Crippen molar-refractivity contribution in [2.75, 3.05) is 0 Å². The molecule has 3 heteroatoms. The summed E-state index contributed by atoms with van der Waals surface area (Å²) >= 11 is 0. The Morgan fingerprint density at radius 2 is 2.00 bits per heavy atom. The quantitative estimate of drug-likeness (QED) is 0.840. The SMILES string of the molecule is Cc1cccc2c(/C=C/C(=O)O)cc(C(C)(C)C)nc12. The number of benzene rings is 1. The molecule has 0 spiro atoms. The smallest absolute Gasteiger partial charge is 0.328 e. The molecule has 0 radical (unpaired) electrons. The van der Waals surface area contributed by atoms with E-state index >= 15 is 0 Å². The second kappa shape index (κ2) is 5.08. The third kappa shape index (κ3) is 2.87. The van der Waals surface area contributed by atoms with Crippen molar-refractivity contribution < 1.29 is 9.90 Å². The molecule has 1 N–H and O–H groups in total. The van der Waals surface area contributed by atoms with E-state index in [-0.39, 0.29) is 5.41 Å². The first-order valence-electron chi connectivity index (χ1n) is 6.61. The summed E-state index contributed by atoms with van der Waals surface area (Å²) < 4.78 is 0. The van der Waals surface area contributed by atoms with Crippen LogP contribution >= 0.6 is 0 Å². The Kier molecular flexibility index (Phi) is 3.62. The zero-order valence-electron chi connectivity index (χ0n) is 12.3. The zero-order chi connectivity index (χ0) is 14.9. The van der Waals surface area contributed by atoms with E-state index in [0.29, 0.717) is 0 Å². The molecule has 0 fully saturated rings. The molecule has 2 rings (SSSR count). The summed E-state index contributed by atoms with van der Waals surface area (Å²) in [6.07, 6.45) is 2.81. The van der Waals surface area contributed by atoms with Gasteiger partial charge in [0.2, 0.25) is 0 Å². The Morgan fingerprint density at radius 1 is 1.30 bits per heavy atom. The van der Waals surface area contributed by atoms with Crippen LogP contribution < -0.4 is 0 Å². The van der Waals surface area contributed by atoms with Crippen LogP contribution in [-0.4, -0.2) is 16.1 Å². The molecular weight excluding hydrogens is 250 g/mol. The standard InChI is InChI=1S/C17H19NO2/c1-11-6-5-7-13-12(8-9-15(19)20)10-14(17(2,3)4)18-16(11)13/h5-10H,1-4H3,(H,19,20)/b9-8+. The normalized spacial score (nSPS) is 12.2. The molecule has 2 aromatic rings. The highest BCUT2D eigenvalue weighted by atomic mass is 16.4. The number of carboxylic acid groups (broad SMARTS) is 1. The molecule has 3 nitrogen and oxygen atoms in total. The van der Waals surface area contributed by atoms with Crippen molar-refractivity contribution in [2.45, 2.75) is 33.1 Å². The molecule has 0 amide bonds. The van der Waals surface area contributed by atoms with Crippen LogP contribution in [0, 0.1) is 6.92 Å². The van der Waals surface area contributed by atoms with E-state index in [9.17, 15) is 4.79 Å². The number of fused-ring (bicyclic) bond motifs is 1. The number of carboxylic acids is 1. The molecule has 1 aromatic heterocycles. The molecule has 1 aromatic carbocycles. The summed E-state index contributed by atoms with van der Waals surface area (Å²) in [6.45, 7) is 8.32. The van der Waals surface area contributed by atoms with Crippen LogP contribution in [0.25, 0.3) is 17.0 Å². The van der Waals surface area contributed by atoms with Crippen LogP contribution in [0.2, 0.25) is 0 Å². The topological polar surface area (TPSA) is 50.2 Å². The predicted molar refractivity (Wildman–Crippen MR) is 81.8 cm³/mol. The molecule has 0 aliphatic heterocycles. The van der Waals surface area contributed by atoms with Gasteiger partial charge in [-0.2, -0.15) is 0 Å². The lowest BCUT2D eigenvalue weighted by atomic mass is 9.89. The highest BCUT2D eigenvalue weighted by Gasteiger charge is 2.17. The predicted octanol–water partition coefficient (Wildman–Crippen LogP) is 3.94. The molecule has 0 aliphatic carbocycles. The fraction of sp³-hybridized carbons (Fsp3) is 0.294. The monoisotopic (exact) mass is 269 g/mol. The maximum absolute atomic E-state index is 10.8. The Balaban J connectivity index is 2.76. The summed E-state index contributed by atoms with van der Waals surface area (Å²) in [6, 6.07) is 7.94. The maximum Gasteiger partial charge on any atom is 0.328 e. The number of nitrogens with zero attached hydrogens (tertiary/aromatic N) is 1. The van der Waals surface area contributed by atoms with Crippen LogP contribution in [0.4, 0.5) is 0 Å². The first-order chi connectivity index (χ1) is 9.29. The molecule has 104 valence electrons. The fourth-order valence-electron chi connectivity index (χ4n) is 2.10. The fourth-order valence-corrected chi connectivity index (χ4v) is 2.10. The Bertz CT molecular complexity index is 694.